The Balaban J connectivity index is 2.54. The molecule has 0 unspecified atom stereocenters. The van der Waals surface area contributed by atoms with E-state index in [9.17, 15) is 19.1 Å². The Morgan fingerprint density at radius 3 is 2.43 bits per heavy atom. The molecule has 0 fully saturated rings. The summed E-state index contributed by atoms with van der Waals surface area (Å²) in [4.78, 5) is 23.3. The second-order valence-electron chi connectivity index (χ2n) is 5.54. The molecule has 0 aromatic heterocycles. The zero-order valence-electron chi connectivity index (χ0n) is 13.8. The number of rotatable bonds is 9. The highest BCUT2D eigenvalue weighted by Crippen LogP contribution is 2.25. The zero-order valence-corrected chi connectivity index (χ0v) is 13.8. The fourth-order valence-electron chi connectivity index (χ4n) is 2.36. The second-order valence-corrected chi connectivity index (χ2v) is 5.54. The van der Waals surface area contributed by atoms with E-state index in [0.717, 1.165) is 0 Å². The van der Waals surface area contributed by atoms with Crippen molar-refractivity contribution >= 4 is 11.9 Å². The van der Waals surface area contributed by atoms with Crippen LogP contribution in [0.3, 0.4) is 0 Å². The number of aryl methyl sites for hydroxylation is 1. The number of amides is 1. The summed E-state index contributed by atoms with van der Waals surface area (Å²) in [5.74, 6) is -1.45. The summed E-state index contributed by atoms with van der Waals surface area (Å²) in [6.07, 6.45) is 1.45. The molecule has 2 N–H and O–H groups in total. The van der Waals surface area contributed by atoms with E-state index in [-0.39, 0.29) is 24.6 Å². The molecule has 1 rings (SSSR count). The van der Waals surface area contributed by atoms with Crippen molar-refractivity contribution in [2.75, 3.05) is 13.7 Å². The lowest BCUT2D eigenvalue weighted by Crippen LogP contribution is -2.42. The van der Waals surface area contributed by atoms with Crippen molar-refractivity contribution in [1.29, 1.82) is 0 Å². The first-order valence-corrected chi connectivity index (χ1v) is 7.71. The van der Waals surface area contributed by atoms with Crippen molar-refractivity contribution in [3.63, 3.8) is 0 Å². The second kappa shape index (κ2) is 8.50. The summed E-state index contributed by atoms with van der Waals surface area (Å²) < 4.78 is 18.4. The lowest BCUT2D eigenvalue weighted by Gasteiger charge is -2.26. The van der Waals surface area contributed by atoms with Gasteiger partial charge in [0.25, 0.3) is 0 Å². The number of methoxy groups -OCH3 is 1. The van der Waals surface area contributed by atoms with Gasteiger partial charge in [-0.3, -0.25) is 9.59 Å². The number of ether oxygens (including phenoxy) is 1. The number of carboxylic acids is 1. The fraction of sp³-hybridized carbons (Fsp3) is 0.529. The maximum Gasteiger partial charge on any atom is 0.311 e. The maximum atomic E-state index is 13.6. The standard InChI is InChI=1S/C17H24FNO4/c1-4-17(5-2,16(21)22)11-19-15(20)9-7-12-6-8-14(23-3)13(18)10-12/h6,8,10H,4-5,7,9,11H2,1-3H3,(H,19,20)(H,21,22). The first kappa shape index (κ1) is 18.9. The SMILES string of the molecule is CCC(CC)(CNC(=O)CCc1ccc(OC)c(F)c1)C(=O)O. The molecular formula is C17H24FNO4. The molecule has 1 aromatic rings. The lowest BCUT2D eigenvalue weighted by molar-refractivity contribution is -0.149. The Morgan fingerprint density at radius 1 is 1.30 bits per heavy atom. The predicted molar refractivity (Wildman–Crippen MR) is 84.9 cm³/mol. The van der Waals surface area contributed by atoms with Crippen molar-refractivity contribution in [3.8, 4) is 5.75 Å². The number of hydrogen-bond donors (Lipinski definition) is 2. The zero-order chi connectivity index (χ0) is 17.5. The maximum absolute atomic E-state index is 13.6. The van der Waals surface area contributed by atoms with Gasteiger partial charge in [0.2, 0.25) is 5.91 Å². The molecule has 0 atom stereocenters. The third kappa shape index (κ3) is 4.94. The largest absolute Gasteiger partial charge is 0.494 e. The van der Waals surface area contributed by atoms with Crippen LogP contribution in [0.5, 0.6) is 5.75 Å². The van der Waals surface area contributed by atoms with E-state index in [1.807, 2.05) is 0 Å². The van der Waals surface area contributed by atoms with Crippen LogP contribution in [0.2, 0.25) is 0 Å². The first-order valence-electron chi connectivity index (χ1n) is 7.71. The number of hydrogen-bond acceptors (Lipinski definition) is 3. The van der Waals surface area contributed by atoms with Gasteiger partial charge in [0, 0.05) is 13.0 Å². The summed E-state index contributed by atoms with van der Waals surface area (Å²) in [6.45, 7) is 3.69. The molecule has 6 heteroatoms. The number of carboxylic acid groups (broad SMARTS) is 1. The molecule has 0 heterocycles. The molecule has 0 aliphatic carbocycles. The predicted octanol–water partition coefficient (Wildman–Crippen LogP) is 2.77. The minimum atomic E-state index is -0.929. The molecule has 128 valence electrons. The van der Waals surface area contributed by atoms with Crippen LogP contribution >= 0.6 is 0 Å². The third-order valence-corrected chi connectivity index (χ3v) is 4.29. The number of aliphatic carboxylic acids is 1. The summed E-state index contributed by atoms with van der Waals surface area (Å²) in [6, 6.07) is 4.56. The normalized spacial score (nSPS) is 11.1. The number of carbonyl (C=O) groups is 2. The van der Waals surface area contributed by atoms with Gasteiger partial charge in [0.15, 0.2) is 11.6 Å². The van der Waals surface area contributed by atoms with Crippen molar-refractivity contribution in [2.24, 2.45) is 5.41 Å². The van der Waals surface area contributed by atoms with Crippen LogP contribution in [0, 0.1) is 11.2 Å². The molecule has 23 heavy (non-hydrogen) atoms. The van der Waals surface area contributed by atoms with Crippen molar-refractivity contribution in [2.45, 2.75) is 39.5 Å². The fourth-order valence-corrected chi connectivity index (χ4v) is 2.36. The molecule has 0 spiro atoms. The Morgan fingerprint density at radius 2 is 1.96 bits per heavy atom. The summed E-state index contributed by atoms with van der Waals surface area (Å²) in [5.41, 5.74) is -0.240. The van der Waals surface area contributed by atoms with E-state index < -0.39 is 17.2 Å². The van der Waals surface area contributed by atoms with Gasteiger partial charge in [0.1, 0.15) is 0 Å². The van der Waals surface area contributed by atoms with Crippen molar-refractivity contribution in [3.05, 3.63) is 29.6 Å². The number of nitrogens with one attached hydrogen (secondary N) is 1. The Bertz CT molecular complexity index is 556. The van der Waals surface area contributed by atoms with E-state index >= 15 is 0 Å². The van der Waals surface area contributed by atoms with Crippen molar-refractivity contribution < 1.29 is 23.8 Å². The van der Waals surface area contributed by atoms with E-state index in [4.69, 9.17) is 4.74 Å². The average molecular weight is 325 g/mol. The first-order chi connectivity index (χ1) is 10.9. The van der Waals surface area contributed by atoms with Gasteiger partial charge < -0.3 is 15.2 Å². The highest BCUT2D eigenvalue weighted by atomic mass is 19.1. The number of benzene rings is 1. The van der Waals surface area contributed by atoms with Gasteiger partial charge in [-0.1, -0.05) is 19.9 Å². The van der Waals surface area contributed by atoms with E-state index in [2.05, 4.69) is 5.32 Å². The highest BCUT2D eigenvalue weighted by molar-refractivity contribution is 5.79. The van der Waals surface area contributed by atoms with Gasteiger partial charge >= 0.3 is 5.97 Å². The Kier molecular flexibility index (Phi) is 7.00. The molecule has 5 nitrogen and oxygen atoms in total. The molecule has 1 aromatic carbocycles. The number of halogens is 1. The van der Waals surface area contributed by atoms with Gasteiger partial charge in [0.05, 0.1) is 12.5 Å². The molecule has 0 bridgehead atoms. The Labute approximate surface area is 135 Å². The van der Waals surface area contributed by atoms with Crippen LogP contribution in [0.1, 0.15) is 38.7 Å². The van der Waals surface area contributed by atoms with Crippen LogP contribution in [-0.4, -0.2) is 30.6 Å². The molecule has 0 radical (unpaired) electrons. The smallest absolute Gasteiger partial charge is 0.311 e. The van der Waals surface area contributed by atoms with Crippen LogP contribution < -0.4 is 10.1 Å². The topological polar surface area (TPSA) is 75.6 Å². The minimum absolute atomic E-state index is 0.102. The minimum Gasteiger partial charge on any atom is -0.494 e. The molecule has 0 saturated carbocycles. The summed E-state index contributed by atoms with van der Waals surface area (Å²) >= 11 is 0. The van der Waals surface area contributed by atoms with Crippen LogP contribution in [0.15, 0.2) is 18.2 Å². The van der Waals surface area contributed by atoms with Gasteiger partial charge in [-0.25, -0.2) is 4.39 Å². The monoisotopic (exact) mass is 325 g/mol. The van der Waals surface area contributed by atoms with Crippen LogP contribution in [0.4, 0.5) is 4.39 Å². The quantitative estimate of drug-likeness (QED) is 0.732. The van der Waals surface area contributed by atoms with Crippen LogP contribution in [0.25, 0.3) is 0 Å². The summed E-state index contributed by atoms with van der Waals surface area (Å²) in [5, 5.41) is 12.0. The van der Waals surface area contributed by atoms with Crippen LogP contribution in [-0.2, 0) is 16.0 Å². The molecular weight excluding hydrogens is 301 g/mol. The van der Waals surface area contributed by atoms with Gasteiger partial charge in [-0.05, 0) is 37.0 Å². The molecule has 0 aliphatic rings. The van der Waals surface area contributed by atoms with Crippen molar-refractivity contribution in [1.82, 2.24) is 5.32 Å². The van der Waals surface area contributed by atoms with E-state index in [1.54, 1.807) is 19.9 Å². The van der Waals surface area contributed by atoms with Gasteiger partial charge in [-0.15, -0.1) is 0 Å². The third-order valence-electron chi connectivity index (χ3n) is 4.29. The average Bonchev–Trinajstić information content (AvgIpc) is 2.54. The number of carbonyl (C=O) groups excluding carboxylic acids is 1. The lowest BCUT2D eigenvalue weighted by atomic mass is 9.82. The highest BCUT2D eigenvalue weighted by Gasteiger charge is 2.34. The summed E-state index contributed by atoms with van der Waals surface area (Å²) in [7, 11) is 1.39. The van der Waals surface area contributed by atoms with E-state index in [0.29, 0.717) is 24.8 Å². The van der Waals surface area contributed by atoms with Gasteiger partial charge in [-0.2, -0.15) is 0 Å². The van der Waals surface area contributed by atoms with E-state index in [1.165, 1.54) is 19.2 Å². The molecule has 1 amide bonds. The molecule has 0 aliphatic heterocycles. The Hall–Kier alpha value is -2.11. The molecule has 0 saturated heterocycles.